The molecule has 0 amide bonds. The van der Waals surface area contributed by atoms with Crippen LogP contribution in [0.25, 0.3) is 16.7 Å². The van der Waals surface area contributed by atoms with Crippen LogP contribution >= 0.6 is 0 Å². The van der Waals surface area contributed by atoms with E-state index in [9.17, 15) is 35.9 Å². The van der Waals surface area contributed by atoms with Gasteiger partial charge in [-0.3, -0.25) is 14.2 Å². The van der Waals surface area contributed by atoms with Gasteiger partial charge in [0.05, 0.1) is 22.6 Å². The van der Waals surface area contributed by atoms with E-state index in [1.807, 2.05) is 0 Å². The lowest BCUT2D eigenvalue weighted by molar-refractivity contribution is -0.174. The molecule has 34 heavy (non-hydrogen) atoms. The third kappa shape index (κ3) is 5.07. The van der Waals surface area contributed by atoms with Gasteiger partial charge in [-0.25, -0.2) is 18.2 Å². The summed E-state index contributed by atoms with van der Waals surface area (Å²) in [6.45, 7) is 0.554. The minimum Gasteiger partial charge on any atom is -0.357 e. The number of ketones is 1. The number of fused-ring (bicyclic) bond motifs is 1. The van der Waals surface area contributed by atoms with Crippen LogP contribution in [-0.4, -0.2) is 41.8 Å². The highest BCUT2D eigenvalue weighted by molar-refractivity contribution is 5.99. The van der Waals surface area contributed by atoms with Crippen molar-refractivity contribution in [1.82, 2.24) is 9.55 Å². The van der Waals surface area contributed by atoms with E-state index in [2.05, 4.69) is 4.98 Å². The molecule has 1 aromatic carbocycles. The molecular weight excluding hydrogens is 464 g/mol. The van der Waals surface area contributed by atoms with Gasteiger partial charge in [-0.15, -0.1) is 0 Å². The number of benzene rings is 1. The number of carbonyl (C=O) groups excluding carboxylic acids is 1. The third-order valence-electron chi connectivity index (χ3n) is 5.50. The maximum Gasteiger partial charge on any atom is 0.392 e. The molecule has 182 valence electrons. The zero-order chi connectivity index (χ0) is 25.2. The Hall–Kier alpha value is -3.37. The molecule has 1 atom stereocenters. The maximum atomic E-state index is 14.6. The Morgan fingerprint density at radius 3 is 2.47 bits per heavy atom. The number of aromatic nitrogens is 2. The summed E-state index contributed by atoms with van der Waals surface area (Å²) >= 11 is 0. The first-order valence-electron chi connectivity index (χ1n) is 10.4. The predicted octanol–water partition coefficient (Wildman–Crippen LogP) is 5.23. The Morgan fingerprint density at radius 1 is 1.18 bits per heavy atom. The summed E-state index contributed by atoms with van der Waals surface area (Å²) in [6.07, 6.45) is -5.05. The average molecular weight is 485 g/mol. The molecule has 0 aliphatic carbocycles. The van der Waals surface area contributed by atoms with Crippen molar-refractivity contribution in [2.45, 2.75) is 25.9 Å². The first kappa shape index (κ1) is 25.3. The number of Topliss-reactive ketones (excluding diaryl/α,β-unsaturated/α-hetero) is 1. The van der Waals surface area contributed by atoms with Crippen LogP contribution in [0.15, 0.2) is 41.3 Å². The molecule has 3 aromatic rings. The Balaban J connectivity index is 2.26. The normalized spacial score (nSPS) is 12.7. The number of hydrogen-bond donors (Lipinski definition) is 0. The number of pyridine rings is 2. The molecule has 0 unspecified atom stereocenters. The number of nitrogens with zero attached hydrogens (tertiary/aromatic N) is 3. The summed E-state index contributed by atoms with van der Waals surface area (Å²) in [5, 5.41) is -0.160. The van der Waals surface area contributed by atoms with Gasteiger partial charge in [0, 0.05) is 32.3 Å². The number of rotatable bonds is 8. The van der Waals surface area contributed by atoms with Gasteiger partial charge in [0.1, 0.15) is 24.1 Å². The molecule has 0 N–H and O–H groups in total. The van der Waals surface area contributed by atoms with E-state index in [1.54, 1.807) is 0 Å². The van der Waals surface area contributed by atoms with Gasteiger partial charge < -0.3 is 4.90 Å². The summed E-state index contributed by atoms with van der Waals surface area (Å²) in [5.74, 6) is -4.72. The maximum absolute atomic E-state index is 14.6. The van der Waals surface area contributed by atoms with E-state index < -0.39 is 53.6 Å². The minimum atomic E-state index is -4.64. The SMILES string of the molecule is CC[C@H](CC(=O)c1cn(-c2ccc(F)cc2F)c2nc(N(C)CCF)ccc2c1=O)C(F)(F)F. The third-order valence-corrected chi connectivity index (χ3v) is 5.50. The zero-order valence-corrected chi connectivity index (χ0v) is 18.3. The van der Waals surface area contributed by atoms with Crippen LogP contribution in [0.5, 0.6) is 0 Å². The molecule has 0 spiro atoms. The van der Waals surface area contributed by atoms with Crippen molar-refractivity contribution < 1.29 is 31.1 Å². The van der Waals surface area contributed by atoms with Gasteiger partial charge in [-0.2, -0.15) is 13.2 Å². The highest BCUT2D eigenvalue weighted by Gasteiger charge is 2.39. The van der Waals surface area contributed by atoms with Crippen molar-refractivity contribution >= 4 is 22.6 Å². The topological polar surface area (TPSA) is 55.2 Å². The second-order valence-electron chi connectivity index (χ2n) is 7.76. The molecule has 0 fully saturated rings. The molecule has 0 radical (unpaired) electrons. The van der Waals surface area contributed by atoms with Crippen LogP contribution < -0.4 is 10.3 Å². The van der Waals surface area contributed by atoms with E-state index in [0.29, 0.717) is 6.07 Å². The van der Waals surface area contributed by atoms with Crippen LogP contribution in [0.1, 0.15) is 30.1 Å². The quantitative estimate of drug-likeness (QED) is 0.324. The lowest BCUT2D eigenvalue weighted by Gasteiger charge is -2.20. The number of carbonyl (C=O) groups is 1. The summed E-state index contributed by atoms with van der Waals surface area (Å²) in [5.41, 5.74) is -1.85. The van der Waals surface area contributed by atoms with Crippen molar-refractivity contribution in [3.05, 3.63) is 63.9 Å². The number of halogens is 6. The molecule has 2 heterocycles. The van der Waals surface area contributed by atoms with Crippen LogP contribution in [0.4, 0.5) is 32.2 Å². The first-order chi connectivity index (χ1) is 16.0. The smallest absolute Gasteiger partial charge is 0.357 e. The van der Waals surface area contributed by atoms with E-state index in [-0.39, 0.29) is 35.5 Å². The predicted molar refractivity (Wildman–Crippen MR) is 115 cm³/mol. The van der Waals surface area contributed by atoms with Gasteiger partial charge in [0.25, 0.3) is 0 Å². The van der Waals surface area contributed by atoms with Gasteiger partial charge in [0.15, 0.2) is 11.4 Å². The average Bonchev–Trinajstić information content (AvgIpc) is 2.77. The van der Waals surface area contributed by atoms with Crippen molar-refractivity contribution in [2.75, 3.05) is 25.2 Å². The van der Waals surface area contributed by atoms with Gasteiger partial charge in [0.2, 0.25) is 5.43 Å². The highest BCUT2D eigenvalue weighted by Crippen LogP contribution is 2.32. The number of hydrogen-bond acceptors (Lipinski definition) is 4. The first-order valence-corrected chi connectivity index (χ1v) is 10.4. The standard InChI is InChI=1S/C23H21F6N3O2/c1-3-13(23(27,28)29)10-19(33)16-12-32(18-6-4-14(25)11-17(18)26)22-15(21(16)34)5-7-20(30-22)31(2)9-8-24/h4-7,11-13H,3,8-10H2,1-2H3/t13-/m1/s1. The molecule has 3 rings (SSSR count). The summed E-state index contributed by atoms with van der Waals surface area (Å²) < 4.78 is 81.5. The van der Waals surface area contributed by atoms with Crippen molar-refractivity contribution in [3.8, 4) is 5.69 Å². The lowest BCUT2D eigenvalue weighted by Crippen LogP contribution is -2.28. The Morgan fingerprint density at radius 2 is 1.88 bits per heavy atom. The summed E-state index contributed by atoms with van der Waals surface area (Å²) in [7, 11) is 1.54. The van der Waals surface area contributed by atoms with Crippen LogP contribution in [0.3, 0.4) is 0 Å². The molecule has 11 heteroatoms. The molecule has 0 aliphatic rings. The fraction of sp³-hybridized carbons (Fsp3) is 0.348. The van der Waals surface area contributed by atoms with Gasteiger partial charge in [-0.05, 0) is 30.7 Å². The fourth-order valence-corrected chi connectivity index (χ4v) is 3.53. The second-order valence-corrected chi connectivity index (χ2v) is 7.76. The van der Waals surface area contributed by atoms with E-state index in [1.165, 1.54) is 31.0 Å². The summed E-state index contributed by atoms with van der Waals surface area (Å²) in [6, 6.07) is 5.23. The van der Waals surface area contributed by atoms with Crippen molar-refractivity contribution in [3.63, 3.8) is 0 Å². The molecule has 2 aromatic heterocycles. The highest BCUT2D eigenvalue weighted by atomic mass is 19.4. The van der Waals surface area contributed by atoms with E-state index >= 15 is 0 Å². The number of anilines is 1. The monoisotopic (exact) mass is 485 g/mol. The van der Waals surface area contributed by atoms with E-state index in [4.69, 9.17) is 0 Å². The molecule has 0 bridgehead atoms. The Labute approximate surface area is 190 Å². The van der Waals surface area contributed by atoms with Crippen molar-refractivity contribution in [1.29, 1.82) is 0 Å². The minimum absolute atomic E-state index is 0.0277. The molecule has 0 saturated carbocycles. The Bertz CT molecular complexity index is 1270. The van der Waals surface area contributed by atoms with Crippen LogP contribution in [-0.2, 0) is 0 Å². The van der Waals surface area contributed by atoms with E-state index in [0.717, 1.165) is 22.9 Å². The zero-order valence-electron chi connectivity index (χ0n) is 18.3. The van der Waals surface area contributed by atoms with Crippen LogP contribution in [0.2, 0.25) is 0 Å². The van der Waals surface area contributed by atoms with Gasteiger partial charge in [-0.1, -0.05) is 6.92 Å². The molecule has 0 aliphatic heterocycles. The number of alkyl halides is 4. The lowest BCUT2D eigenvalue weighted by atomic mass is 9.95. The fourth-order valence-electron chi connectivity index (χ4n) is 3.53. The van der Waals surface area contributed by atoms with Gasteiger partial charge >= 0.3 is 6.18 Å². The second kappa shape index (κ2) is 9.86. The van der Waals surface area contributed by atoms with Crippen molar-refractivity contribution in [2.24, 2.45) is 5.92 Å². The summed E-state index contributed by atoms with van der Waals surface area (Å²) in [4.78, 5) is 31.5. The molecule has 5 nitrogen and oxygen atoms in total. The Kier molecular flexibility index (Phi) is 7.32. The molecule has 0 saturated heterocycles. The largest absolute Gasteiger partial charge is 0.392 e. The van der Waals surface area contributed by atoms with Crippen LogP contribution in [0, 0.1) is 17.6 Å². The molecular formula is C23H21F6N3O2.